The number of fused-ring (bicyclic) bond motifs is 1. The highest BCUT2D eigenvalue weighted by Crippen LogP contribution is 2.37. The number of para-hydroxylation sites is 1. The summed E-state index contributed by atoms with van der Waals surface area (Å²) in [4.78, 5) is 14.6. The maximum Gasteiger partial charge on any atom is 0.573 e. The number of hydrogen-bond acceptors (Lipinski definition) is 5. The monoisotopic (exact) mass is 436 g/mol. The maximum atomic E-state index is 12.6. The molecule has 0 spiro atoms. The van der Waals surface area contributed by atoms with Gasteiger partial charge in [-0.05, 0) is 43.1 Å². The first kappa shape index (κ1) is 21.3. The summed E-state index contributed by atoms with van der Waals surface area (Å²) in [7, 11) is 0. The molecule has 0 unspecified atom stereocenters. The second-order valence-electron chi connectivity index (χ2n) is 7.46. The van der Waals surface area contributed by atoms with Crippen molar-refractivity contribution in [1.29, 1.82) is 0 Å². The Hall–Kier alpha value is -2.94. The Labute approximate surface area is 177 Å². The minimum Gasteiger partial charge on any atom is -0.486 e. The van der Waals surface area contributed by atoms with Crippen molar-refractivity contribution < 1.29 is 32.2 Å². The van der Waals surface area contributed by atoms with Crippen LogP contribution in [0.5, 0.6) is 17.2 Å². The van der Waals surface area contributed by atoms with Crippen LogP contribution in [0, 0.1) is 0 Å². The van der Waals surface area contributed by atoms with Crippen LogP contribution < -0.4 is 19.5 Å². The molecule has 0 aromatic heterocycles. The van der Waals surface area contributed by atoms with E-state index in [4.69, 9.17) is 9.47 Å². The standard InChI is InChI=1S/C22H23F3N2O4/c23-22(24,25)31-18-6-2-1-4-16(18)13-26-21(28)14-27-9-3-5-17(27)15-7-8-19-20(12-15)30-11-10-29-19/h1-2,4,6-8,12,17H,3,5,9-11,13-14H2,(H,26,28)/t17-/m1/s1. The lowest BCUT2D eigenvalue weighted by Crippen LogP contribution is -2.36. The zero-order valence-electron chi connectivity index (χ0n) is 16.8. The smallest absolute Gasteiger partial charge is 0.486 e. The van der Waals surface area contributed by atoms with E-state index in [1.54, 1.807) is 6.07 Å². The molecule has 1 atom stereocenters. The largest absolute Gasteiger partial charge is 0.573 e. The van der Waals surface area contributed by atoms with Gasteiger partial charge in [-0.15, -0.1) is 13.2 Å². The zero-order chi connectivity index (χ0) is 21.8. The Morgan fingerprint density at radius 3 is 2.71 bits per heavy atom. The predicted octanol–water partition coefficient (Wildman–Crippen LogP) is 3.81. The van der Waals surface area contributed by atoms with Crippen molar-refractivity contribution in [3.63, 3.8) is 0 Å². The normalized spacial score (nSPS) is 18.6. The van der Waals surface area contributed by atoms with Gasteiger partial charge in [-0.2, -0.15) is 0 Å². The van der Waals surface area contributed by atoms with Gasteiger partial charge in [-0.1, -0.05) is 24.3 Å². The highest BCUT2D eigenvalue weighted by molar-refractivity contribution is 5.78. The number of rotatable bonds is 6. The number of carbonyl (C=O) groups excluding carboxylic acids is 1. The molecule has 0 aliphatic carbocycles. The molecule has 166 valence electrons. The van der Waals surface area contributed by atoms with Gasteiger partial charge < -0.3 is 19.5 Å². The molecule has 6 nitrogen and oxygen atoms in total. The van der Waals surface area contributed by atoms with E-state index >= 15 is 0 Å². The molecule has 9 heteroatoms. The van der Waals surface area contributed by atoms with E-state index in [0.29, 0.717) is 19.0 Å². The average molecular weight is 436 g/mol. The summed E-state index contributed by atoms with van der Waals surface area (Å²) in [5, 5.41) is 2.70. The van der Waals surface area contributed by atoms with Gasteiger partial charge in [-0.3, -0.25) is 9.69 Å². The molecule has 1 N–H and O–H groups in total. The molecule has 0 radical (unpaired) electrons. The Bertz CT molecular complexity index is 935. The highest BCUT2D eigenvalue weighted by Gasteiger charge is 2.32. The quantitative estimate of drug-likeness (QED) is 0.746. The van der Waals surface area contributed by atoms with Crippen molar-refractivity contribution in [3.05, 3.63) is 53.6 Å². The van der Waals surface area contributed by atoms with Crippen molar-refractivity contribution in [2.75, 3.05) is 26.3 Å². The van der Waals surface area contributed by atoms with E-state index in [-0.39, 0.29) is 36.4 Å². The second kappa shape index (κ2) is 9.05. The maximum absolute atomic E-state index is 12.6. The average Bonchev–Trinajstić information content (AvgIpc) is 3.19. The van der Waals surface area contributed by atoms with E-state index in [2.05, 4.69) is 15.0 Å². The van der Waals surface area contributed by atoms with Gasteiger partial charge in [0.15, 0.2) is 11.5 Å². The molecule has 2 heterocycles. The lowest BCUT2D eigenvalue weighted by atomic mass is 10.0. The molecule has 1 amide bonds. The summed E-state index contributed by atoms with van der Waals surface area (Å²) in [6, 6.07) is 11.7. The lowest BCUT2D eigenvalue weighted by Gasteiger charge is -2.26. The Morgan fingerprint density at radius 1 is 1.13 bits per heavy atom. The molecule has 2 aromatic rings. The van der Waals surface area contributed by atoms with Crippen molar-refractivity contribution in [1.82, 2.24) is 10.2 Å². The predicted molar refractivity (Wildman–Crippen MR) is 106 cm³/mol. The van der Waals surface area contributed by atoms with Gasteiger partial charge in [0, 0.05) is 18.2 Å². The Kier molecular flexibility index (Phi) is 6.22. The number of amides is 1. The SMILES string of the molecule is O=C(CN1CCC[C@@H]1c1ccc2c(c1)OCCO2)NCc1ccccc1OC(F)(F)F. The number of halogens is 3. The summed E-state index contributed by atoms with van der Waals surface area (Å²) in [6.45, 7) is 1.90. The molecule has 0 bridgehead atoms. The van der Waals surface area contributed by atoms with E-state index in [9.17, 15) is 18.0 Å². The number of ether oxygens (including phenoxy) is 3. The van der Waals surface area contributed by atoms with Gasteiger partial charge in [0.25, 0.3) is 0 Å². The number of alkyl halides is 3. The molecule has 2 aliphatic rings. The topological polar surface area (TPSA) is 60.0 Å². The second-order valence-corrected chi connectivity index (χ2v) is 7.46. The number of nitrogens with one attached hydrogen (secondary N) is 1. The molecule has 1 saturated heterocycles. The van der Waals surface area contributed by atoms with E-state index in [1.165, 1.54) is 18.2 Å². The highest BCUT2D eigenvalue weighted by atomic mass is 19.4. The van der Waals surface area contributed by atoms with E-state index in [0.717, 1.165) is 30.7 Å². The Balaban J connectivity index is 1.37. The van der Waals surface area contributed by atoms with Crippen molar-refractivity contribution in [3.8, 4) is 17.2 Å². The minimum absolute atomic E-state index is 0.0480. The molecular formula is C22H23F3N2O4. The van der Waals surface area contributed by atoms with Crippen LogP contribution in [-0.2, 0) is 11.3 Å². The van der Waals surface area contributed by atoms with E-state index in [1.807, 2.05) is 18.2 Å². The van der Waals surface area contributed by atoms with Crippen LogP contribution in [-0.4, -0.2) is 43.5 Å². The van der Waals surface area contributed by atoms with Gasteiger partial charge in [-0.25, -0.2) is 0 Å². The fourth-order valence-corrected chi connectivity index (χ4v) is 3.97. The fraction of sp³-hybridized carbons (Fsp3) is 0.409. The third-order valence-corrected chi connectivity index (χ3v) is 5.34. The van der Waals surface area contributed by atoms with Crippen LogP contribution in [0.25, 0.3) is 0 Å². The first-order chi connectivity index (χ1) is 14.9. The van der Waals surface area contributed by atoms with Crippen LogP contribution in [0.3, 0.4) is 0 Å². The van der Waals surface area contributed by atoms with Gasteiger partial charge >= 0.3 is 6.36 Å². The summed E-state index contributed by atoms with van der Waals surface area (Å²) in [6.07, 6.45) is -2.92. The molecule has 2 aromatic carbocycles. The number of likely N-dealkylation sites (tertiary alicyclic amines) is 1. The molecule has 0 saturated carbocycles. The van der Waals surface area contributed by atoms with Crippen LogP contribution in [0.15, 0.2) is 42.5 Å². The zero-order valence-corrected chi connectivity index (χ0v) is 16.8. The summed E-state index contributed by atoms with van der Waals surface area (Å²) < 4.78 is 53.0. The number of carbonyl (C=O) groups is 1. The molecule has 4 rings (SSSR count). The third-order valence-electron chi connectivity index (χ3n) is 5.34. The third kappa shape index (κ3) is 5.41. The van der Waals surface area contributed by atoms with Gasteiger partial charge in [0.1, 0.15) is 19.0 Å². The lowest BCUT2D eigenvalue weighted by molar-refractivity contribution is -0.274. The van der Waals surface area contributed by atoms with E-state index < -0.39 is 6.36 Å². The summed E-state index contributed by atoms with van der Waals surface area (Å²) >= 11 is 0. The van der Waals surface area contributed by atoms with Gasteiger partial charge in [0.2, 0.25) is 5.91 Å². The van der Waals surface area contributed by atoms with Crippen molar-refractivity contribution in [2.45, 2.75) is 31.8 Å². The molecular weight excluding hydrogens is 413 g/mol. The molecule has 31 heavy (non-hydrogen) atoms. The summed E-state index contributed by atoms with van der Waals surface area (Å²) in [5.74, 6) is 0.857. The summed E-state index contributed by atoms with van der Waals surface area (Å²) in [5.41, 5.74) is 1.32. The minimum atomic E-state index is -4.79. The van der Waals surface area contributed by atoms with Crippen molar-refractivity contribution in [2.24, 2.45) is 0 Å². The molecule has 2 aliphatic heterocycles. The first-order valence-corrected chi connectivity index (χ1v) is 10.1. The van der Waals surface area contributed by atoms with Crippen LogP contribution >= 0.6 is 0 Å². The van der Waals surface area contributed by atoms with Crippen LogP contribution in [0.1, 0.15) is 30.0 Å². The first-order valence-electron chi connectivity index (χ1n) is 10.1. The van der Waals surface area contributed by atoms with Crippen molar-refractivity contribution >= 4 is 5.91 Å². The van der Waals surface area contributed by atoms with Crippen LogP contribution in [0.2, 0.25) is 0 Å². The van der Waals surface area contributed by atoms with Crippen LogP contribution in [0.4, 0.5) is 13.2 Å². The fourth-order valence-electron chi connectivity index (χ4n) is 3.97. The van der Waals surface area contributed by atoms with Gasteiger partial charge in [0.05, 0.1) is 6.54 Å². The number of hydrogen-bond donors (Lipinski definition) is 1. The number of benzene rings is 2. The number of nitrogens with zero attached hydrogens (tertiary/aromatic N) is 1. The molecule has 1 fully saturated rings. The Morgan fingerprint density at radius 2 is 1.90 bits per heavy atom.